The first-order valence-electron chi connectivity index (χ1n) is 10.1. The number of nitrogens with one attached hydrogen (secondary N) is 1. The molecular weight excluding hydrogens is 380 g/mol. The lowest BCUT2D eigenvalue weighted by Gasteiger charge is -2.12. The van der Waals surface area contributed by atoms with Gasteiger partial charge in [-0.05, 0) is 48.7 Å². The van der Waals surface area contributed by atoms with Crippen LogP contribution in [0.15, 0.2) is 60.8 Å². The second-order valence-corrected chi connectivity index (χ2v) is 8.20. The number of anilines is 1. The highest BCUT2D eigenvalue weighted by Crippen LogP contribution is 2.28. The van der Waals surface area contributed by atoms with E-state index in [2.05, 4.69) is 52.2 Å². The number of imidazole rings is 1. The smallest absolute Gasteiger partial charge is 0.203 e. The molecule has 0 amide bonds. The first-order valence-corrected chi connectivity index (χ1v) is 10.5. The van der Waals surface area contributed by atoms with E-state index in [1.165, 1.54) is 25.7 Å². The summed E-state index contributed by atoms with van der Waals surface area (Å²) in [5, 5.41) is 4.35. The van der Waals surface area contributed by atoms with Crippen LogP contribution in [0.4, 0.5) is 5.95 Å². The molecule has 1 saturated carbocycles. The molecule has 0 atom stereocenters. The Morgan fingerprint density at radius 3 is 2.38 bits per heavy atom. The highest BCUT2D eigenvalue weighted by molar-refractivity contribution is 6.30. The molecule has 2 heterocycles. The number of fused-ring (bicyclic) bond motifs is 1. The van der Waals surface area contributed by atoms with E-state index in [0.29, 0.717) is 6.04 Å². The molecule has 0 aliphatic heterocycles. The fraction of sp³-hybridized carbons (Fsp3) is 0.250. The van der Waals surface area contributed by atoms with Gasteiger partial charge in [0.2, 0.25) is 5.95 Å². The zero-order chi connectivity index (χ0) is 19.8. The molecule has 0 radical (unpaired) electrons. The molecule has 1 aliphatic rings. The van der Waals surface area contributed by atoms with Crippen LogP contribution in [0.25, 0.3) is 33.4 Å². The van der Waals surface area contributed by atoms with E-state index in [0.717, 1.165) is 44.4 Å². The Balaban J connectivity index is 1.43. The first kappa shape index (κ1) is 18.2. The van der Waals surface area contributed by atoms with E-state index in [-0.39, 0.29) is 0 Å². The minimum Gasteiger partial charge on any atom is -0.353 e. The SMILES string of the molecule is Cn1c(NC2CCCC2)nc2cc(-c3ccc(-c4ccc(Cl)cc4)cn3)ccc21. The predicted octanol–water partition coefficient (Wildman–Crippen LogP) is 6.31. The third-order valence-corrected chi connectivity index (χ3v) is 6.06. The lowest BCUT2D eigenvalue weighted by atomic mass is 10.1. The zero-order valence-electron chi connectivity index (χ0n) is 16.4. The molecule has 0 unspecified atom stereocenters. The molecule has 2 aromatic carbocycles. The van der Waals surface area contributed by atoms with Crippen LogP contribution in [-0.4, -0.2) is 20.6 Å². The van der Waals surface area contributed by atoms with Gasteiger partial charge in [0.1, 0.15) is 0 Å². The van der Waals surface area contributed by atoms with Crippen LogP contribution in [0.5, 0.6) is 0 Å². The average Bonchev–Trinajstić information content (AvgIpc) is 3.37. The summed E-state index contributed by atoms with van der Waals surface area (Å²) in [5.41, 5.74) is 6.33. The summed E-state index contributed by atoms with van der Waals surface area (Å²) < 4.78 is 2.15. The number of aromatic nitrogens is 3. The molecule has 0 spiro atoms. The molecule has 5 rings (SSSR count). The maximum Gasteiger partial charge on any atom is 0.203 e. The van der Waals surface area contributed by atoms with Crippen LogP contribution in [0.1, 0.15) is 25.7 Å². The molecule has 2 aromatic heterocycles. The summed E-state index contributed by atoms with van der Waals surface area (Å²) in [6.07, 6.45) is 7.00. The summed E-state index contributed by atoms with van der Waals surface area (Å²) >= 11 is 5.98. The van der Waals surface area contributed by atoms with E-state index in [4.69, 9.17) is 16.6 Å². The van der Waals surface area contributed by atoms with Crippen LogP contribution in [0.2, 0.25) is 5.02 Å². The third-order valence-electron chi connectivity index (χ3n) is 5.81. The van der Waals surface area contributed by atoms with Crippen molar-refractivity contribution in [3.8, 4) is 22.4 Å². The van der Waals surface area contributed by atoms with Crippen LogP contribution in [-0.2, 0) is 7.05 Å². The predicted molar refractivity (Wildman–Crippen MR) is 120 cm³/mol. The number of halogens is 1. The first-order chi connectivity index (χ1) is 14.2. The van der Waals surface area contributed by atoms with Gasteiger partial charge in [-0.3, -0.25) is 4.98 Å². The van der Waals surface area contributed by atoms with Crippen LogP contribution in [0.3, 0.4) is 0 Å². The Morgan fingerprint density at radius 1 is 0.931 bits per heavy atom. The highest BCUT2D eigenvalue weighted by Gasteiger charge is 2.17. The maximum atomic E-state index is 5.98. The summed E-state index contributed by atoms with van der Waals surface area (Å²) in [6, 6.07) is 18.9. The molecule has 4 nitrogen and oxygen atoms in total. The number of hydrogen-bond acceptors (Lipinski definition) is 3. The number of nitrogens with zero attached hydrogens (tertiary/aromatic N) is 3. The summed E-state index contributed by atoms with van der Waals surface area (Å²) in [5.74, 6) is 0.954. The Labute approximate surface area is 175 Å². The quantitative estimate of drug-likeness (QED) is 0.435. The van der Waals surface area contributed by atoms with Crippen LogP contribution in [0, 0.1) is 0 Å². The average molecular weight is 403 g/mol. The molecule has 4 aromatic rings. The molecule has 0 saturated heterocycles. The second kappa shape index (κ2) is 7.53. The van der Waals surface area contributed by atoms with Crippen LogP contribution >= 0.6 is 11.6 Å². The fourth-order valence-corrected chi connectivity index (χ4v) is 4.24. The largest absolute Gasteiger partial charge is 0.353 e. The Bertz CT molecular complexity index is 1140. The number of rotatable bonds is 4. The third kappa shape index (κ3) is 3.60. The second-order valence-electron chi connectivity index (χ2n) is 7.76. The van der Waals surface area contributed by atoms with Gasteiger partial charge in [-0.15, -0.1) is 0 Å². The monoisotopic (exact) mass is 402 g/mol. The van der Waals surface area contributed by atoms with Gasteiger partial charge < -0.3 is 9.88 Å². The summed E-state index contributed by atoms with van der Waals surface area (Å²) in [6.45, 7) is 0. The van der Waals surface area contributed by atoms with Crippen molar-refractivity contribution in [2.75, 3.05) is 5.32 Å². The standard InChI is InChI=1S/C24H23ClN4/c1-29-23-13-9-17(14-22(23)28-24(29)27-20-4-2-3-5-20)21-12-8-18(15-26-21)16-6-10-19(25)11-7-16/h6-15,20H,2-5H2,1H3,(H,27,28). The molecule has 1 aliphatic carbocycles. The van der Waals surface area contributed by atoms with Crippen LogP contribution < -0.4 is 5.32 Å². The van der Waals surface area contributed by atoms with Crippen molar-refractivity contribution in [2.45, 2.75) is 31.7 Å². The van der Waals surface area contributed by atoms with Crippen molar-refractivity contribution in [2.24, 2.45) is 7.05 Å². The van der Waals surface area contributed by atoms with Crippen molar-refractivity contribution in [3.05, 3.63) is 65.8 Å². The zero-order valence-corrected chi connectivity index (χ0v) is 17.2. The summed E-state index contributed by atoms with van der Waals surface area (Å²) in [4.78, 5) is 9.53. The molecule has 1 fully saturated rings. The minimum absolute atomic E-state index is 0.548. The van der Waals surface area contributed by atoms with Gasteiger partial charge in [-0.25, -0.2) is 4.98 Å². The molecular formula is C24H23ClN4. The van der Waals surface area contributed by atoms with Crippen molar-refractivity contribution in [1.82, 2.24) is 14.5 Å². The van der Waals surface area contributed by atoms with Crippen molar-refractivity contribution >= 4 is 28.6 Å². The Kier molecular flexibility index (Phi) is 4.72. The summed E-state index contributed by atoms with van der Waals surface area (Å²) in [7, 11) is 2.07. The van der Waals surface area contributed by atoms with Crippen molar-refractivity contribution in [1.29, 1.82) is 0 Å². The maximum absolute atomic E-state index is 5.98. The molecule has 29 heavy (non-hydrogen) atoms. The number of hydrogen-bond donors (Lipinski definition) is 1. The molecule has 1 N–H and O–H groups in total. The number of aryl methyl sites for hydroxylation is 1. The van der Waals surface area contributed by atoms with E-state index in [1.807, 2.05) is 30.5 Å². The Morgan fingerprint density at radius 2 is 1.66 bits per heavy atom. The van der Waals surface area contributed by atoms with Gasteiger partial charge in [0.05, 0.1) is 16.7 Å². The lowest BCUT2D eigenvalue weighted by Crippen LogP contribution is -2.17. The van der Waals surface area contributed by atoms with Crippen molar-refractivity contribution in [3.63, 3.8) is 0 Å². The van der Waals surface area contributed by atoms with Gasteiger partial charge >= 0.3 is 0 Å². The lowest BCUT2D eigenvalue weighted by molar-refractivity contribution is 0.735. The van der Waals surface area contributed by atoms with Gasteiger partial charge in [-0.2, -0.15) is 0 Å². The van der Waals surface area contributed by atoms with Gasteiger partial charge in [0.15, 0.2) is 0 Å². The van der Waals surface area contributed by atoms with Gasteiger partial charge in [0.25, 0.3) is 0 Å². The Hall–Kier alpha value is -2.85. The van der Waals surface area contributed by atoms with E-state index < -0.39 is 0 Å². The fourth-order valence-electron chi connectivity index (χ4n) is 4.12. The number of pyridine rings is 1. The molecule has 5 heteroatoms. The molecule has 146 valence electrons. The van der Waals surface area contributed by atoms with E-state index in [1.54, 1.807) is 0 Å². The highest BCUT2D eigenvalue weighted by atomic mass is 35.5. The minimum atomic E-state index is 0.548. The number of benzene rings is 2. The topological polar surface area (TPSA) is 42.7 Å². The van der Waals surface area contributed by atoms with Crippen molar-refractivity contribution < 1.29 is 0 Å². The van der Waals surface area contributed by atoms with Gasteiger partial charge in [-0.1, -0.05) is 48.7 Å². The molecule has 0 bridgehead atoms. The van der Waals surface area contributed by atoms with E-state index >= 15 is 0 Å². The van der Waals surface area contributed by atoms with E-state index in [9.17, 15) is 0 Å². The van der Waals surface area contributed by atoms with Gasteiger partial charge in [0, 0.05) is 35.4 Å². The normalized spacial score (nSPS) is 14.6.